The van der Waals surface area contributed by atoms with Crippen molar-refractivity contribution in [3.05, 3.63) is 63.4 Å². The molecule has 10 heteroatoms. The molecule has 5 heterocycles. The summed E-state index contributed by atoms with van der Waals surface area (Å²) in [6, 6.07) is 1.93. The van der Waals surface area contributed by atoms with E-state index < -0.39 is 0 Å². The van der Waals surface area contributed by atoms with Crippen LogP contribution in [0.2, 0.25) is 0 Å². The summed E-state index contributed by atoms with van der Waals surface area (Å²) in [5.74, 6) is 0.496. The first-order valence-electron chi connectivity index (χ1n) is 9.44. The monoisotopic (exact) mass is 421 g/mol. The summed E-state index contributed by atoms with van der Waals surface area (Å²) in [7, 11) is 3.44. The van der Waals surface area contributed by atoms with Gasteiger partial charge in [-0.2, -0.15) is 10.2 Å². The third kappa shape index (κ3) is 3.05. The van der Waals surface area contributed by atoms with Crippen LogP contribution in [0.1, 0.15) is 17.1 Å². The Hall–Kier alpha value is -3.53. The fraction of sp³-hybridized carbons (Fsp3) is 0.250. The minimum atomic E-state index is -0.163. The summed E-state index contributed by atoms with van der Waals surface area (Å²) in [6.45, 7) is 0.292. The number of hydrogen-bond acceptors (Lipinski definition) is 7. The summed E-state index contributed by atoms with van der Waals surface area (Å²) in [5.41, 5.74) is 3.05. The second kappa shape index (κ2) is 7.38. The predicted molar refractivity (Wildman–Crippen MR) is 116 cm³/mol. The molecule has 0 fully saturated rings. The number of aromatic nitrogens is 6. The van der Waals surface area contributed by atoms with Gasteiger partial charge in [0, 0.05) is 42.5 Å². The van der Waals surface area contributed by atoms with Crippen LogP contribution in [0.4, 0.5) is 0 Å². The van der Waals surface area contributed by atoms with Gasteiger partial charge in [-0.25, -0.2) is 14.7 Å². The molecule has 4 aromatic rings. The highest BCUT2D eigenvalue weighted by molar-refractivity contribution is 7.19. The first-order valence-corrected chi connectivity index (χ1v) is 10.3. The van der Waals surface area contributed by atoms with Crippen molar-refractivity contribution in [2.75, 3.05) is 7.11 Å². The number of aromatic amines is 1. The molecule has 30 heavy (non-hydrogen) atoms. The summed E-state index contributed by atoms with van der Waals surface area (Å²) in [5, 5.41) is 13.1. The molecule has 5 rings (SSSR count). The van der Waals surface area contributed by atoms with Crippen molar-refractivity contribution in [3.63, 3.8) is 0 Å². The summed E-state index contributed by atoms with van der Waals surface area (Å²) in [6.07, 6.45) is 10.5. The summed E-state index contributed by atoms with van der Waals surface area (Å²) >= 11 is 1.58. The Balaban J connectivity index is 1.55. The van der Waals surface area contributed by atoms with Crippen molar-refractivity contribution in [1.29, 1.82) is 0 Å². The van der Waals surface area contributed by atoms with Crippen molar-refractivity contribution in [2.45, 2.75) is 19.4 Å². The van der Waals surface area contributed by atoms with E-state index in [2.05, 4.69) is 20.3 Å². The average Bonchev–Trinajstić information content (AvgIpc) is 3.41. The molecule has 4 aromatic heterocycles. The number of aliphatic imine (C=N–C) groups is 1. The Morgan fingerprint density at radius 1 is 1.37 bits per heavy atom. The lowest BCUT2D eigenvalue weighted by molar-refractivity contribution is 0.400. The first-order chi connectivity index (χ1) is 14.7. The SMILES string of the molecule is COC1=NC=CCC=C1Cn1ncc2c3sc(Cc4ccn[nH]4)nc3n(C)c2c1=O. The summed E-state index contributed by atoms with van der Waals surface area (Å²) in [4.78, 5) is 22.3. The van der Waals surface area contributed by atoms with Crippen molar-refractivity contribution in [3.8, 4) is 0 Å². The van der Waals surface area contributed by atoms with E-state index in [0.717, 1.165) is 38.4 Å². The molecule has 1 N–H and O–H groups in total. The van der Waals surface area contributed by atoms with Gasteiger partial charge in [0.05, 0.1) is 24.6 Å². The Bertz CT molecular complexity index is 1390. The van der Waals surface area contributed by atoms with E-state index >= 15 is 0 Å². The molecule has 1 aliphatic heterocycles. The van der Waals surface area contributed by atoms with Crippen molar-refractivity contribution in [1.82, 2.24) is 29.5 Å². The van der Waals surface area contributed by atoms with E-state index in [1.165, 1.54) is 4.68 Å². The van der Waals surface area contributed by atoms with Gasteiger partial charge >= 0.3 is 0 Å². The van der Waals surface area contributed by atoms with E-state index in [4.69, 9.17) is 9.72 Å². The minimum absolute atomic E-state index is 0.163. The van der Waals surface area contributed by atoms with Crippen LogP contribution in [0, 0.1) is 0 Å². The highest BCUT2D eigenvalue weighted by atomic mass is 32.1. The lowest BCUT2D eigenvalue weighted by atomic mass is 10.2. The minimum Gasteiger partial charge on any atom is -0.481 e. The number of thiazole rings is 1. The van der Waals surface area contributed by atoms with Crippen LogP contribution in [0.15, 0.2) is 52.2 Å². The lowest BCUT2D eigenvalue weighted by Crippen LogP contribution is -2.26. The number of hydrogen-bond donors (Lipinski definition) is 1. The highest BCUT2D eigenvalue weighted by Crippen LogP contribution is 2.31. The number of nitrogens with zero attached hydrogens (tertiary/aromatic N) is 6. The molecular formula is C20H19N7O2S. The van der Waals surface area contributed by atoms with Gasteiger partial charge in [0.25, 0.3) is 5.56 Å². The molecule has 152 valence electrons. The number of fused-ring (bicyclic) bond motifs is 3. The number of ether oxygens (including phenoxy) is 1. The zero-order valence-corrected chi connectivity index (χ0v) is 17.3. The van der Waals surface area contributed by atoms with E-state index in [1.807, 2.05) is 29.8 Å². The molecule has 0 saturated heterocycles. The van der Waals surface area contributed by atoms with Gasteiger partial charge in [-0.15, -0.1) is 11.3 Å². The van der Waals surface area contributed by atoms with Crippen molar-refractivity contribution >= 4 is 38.5 Å². The molecule has 0 aliphatic carbocycles. The Labute approximate surface area is 175 Å². The van der Waals surface area contributed by atoms with Crippen LogP contribution in [0.25, 0.3) is 21.3 Å². The second-order valence-corrected chi connectivity index (χ2v) is 8.02. The molecule has 0 spiro atoms. The second-order valence-electron chi connectivity index (χ2n) is 6.94. The molecule has 1 aliphatic rings. The quantitative estimate of drug-likeness (QED) is 0.545. The smallest absolute Gasteiger partial charge is 0.291 e. The zero-order chi connectivity index (χ0) is 20.7. The maximum atomic E-state index is 13.2. The number of H-pyrrole nitrogens is 1. The first kappa shape index (κ1) is 18.5. The fourth-order valence-electron chi connectivity index (χ4n) is 3.61. The van der Waals surface area contributed by atoms with Gasteiger partial charge in [-0.3, -0.25) is 9.89 Å². The number of methoxy groups -OCH3 is 1. The van der Waals surface area contributed by atoms with E-state index in [9.17, 15) is 4.79 Å². The molecule has 9 nitrogen and oxygen atoms in total. The van der Waals surface area contributed by atoms with E-state index in [1.54, 1.807) is 37.0 Å². The average molecular weight is 421 g/mol. The Kier molecular flexibility index (Phi) is 4.55. The van der Waals surface area contributed by atoms with Crippen LogP contribution < -0.4 is 5.56 Å². The largest absolute Gasteiger partial charge is 0.481 e. The number of rotatable bonds is 4. The van der Waals surface area contributed by atoms with Crippen LogP contribution in [-0.4, -0.2) is 42.5 Å². The van der Waals surface area contributed by atoms with Gasteiger partial charge in [0.1, 0.15) is 10.5 Å². The topological polar surface area (TPSA) is 103 Å². The molecular weight excluding hydrogens is 402 g/mol. The fourth-order valence-corrected chi connectivity index (χ4v) is 4.73. The van der Waals surface area contributed by atoms with E-state index in [0.29, 0.717) is 24.4 Å². The van der Waals surface area contributed by atoms with Crippen molar-refractivity contribution < 1.29 is 4.74 Å². The molecule has 0 bridgehead atoms. The molecule has 0 atom stereocenters. The van der Waals surface area contributed by atoms with E-state index in [-0.39, 0.29) is 5.56 Å². The lowest BCUT2D eigenvalue weighted by Gasteiger charge is -2.10. The summed E-state index contributed by atoms with van der Waals surface area (Å²) < 4.78 is 9.64. The third-order valence-corrected chi connectivity index (χ3v) is 6.13. The van der Waals surface area contributed by atoms with Gasteiger partial charge < -0.3 is 9.30 Å². The predicted octanol–water partition coefficient (Wildman–Crippen LogP) is 2.55. The Morgan fingerprint density at radius 3 is 3.07 bits per heavy atom. The Morgan fingerprint density at radius 2 is 2.27 bits per heavy atom. The third-order valence-electron chi connectivity index (χ3n) is 5.06. The zero-order valence-electron chi connectivity index (χ0n) is 16.5. The van der Waals surface area contributed by atoms with Crippen LogP contribution in [0.3, 0.4) is 0 Å². The molecule has 0 amide bonds. The molecule has 0 radical (unpaired) electrons. The van der Waals surface area contributed by atoms with Crippen LogP contribution in [0.5, 0.6) is 0 Å². The number of allylic oxidation sites excluding steroid dienone is 2. The molecule has 0 unspecified atom stereocenters. The van der Waals surface area contributed by atoms with Gasteiger partial charge in [-0.1, -0.05) is 12.2 Å². The van der Waals surface area contributed by atoms with Crippen LogP contribution in [-0.2, 0) is 24.8 Å². The number of aryl methyl sites for hydroxylation is 1. The van der Waals surface area contributed by atoms with Gasteiger partial charge in [0.15, 0.2) is 5.65 Å². The van der Waals surface area contributed by atoms with Gasteiger partial charge in [-0.05, 0) is 12.5 Å². The van der Waals surface area contributed by atoms with Crippen molar-refractivity contribution in [2.24, 2.45) is 12.0 Å². The van der Waals surface area contributed by atoms with Gasteiger partial charge in [0.2, 0.25) is 5.90 Å². The number of nitrogens with one attached hydrogen (secondary N) is 1. The molecule has 0 aromatic carbocycles. The normalized spacial score (nSPS) is 14.2. The highest BCUT2D eigenvalue weighted by Gasteiger charge is 2.19. The van der Waals surface area contributed by atoms with Crippen LogP contribution >= 0.6 is 11.3 Å². The standard InChI is InChI=1S/C20H19N7O2S/c1-26-16-14(17-18(26)24-15(30-17)9-13-6-8-22-25-13)10-23-27(20(16)28)11-12-5-3-4-7-21-19(12)29-2/h4-8,10H,3,9,11H2,1-2H3,(H,22,25). The maximum absolute atomic E-state index is 13.2. The maximum Gasteiger partial charge on any atom is 0.291 e. The molecule has 0 saturated carbocycles.